The Morgan fingerprint density at radius 1 is 1.12 bits per heavy atom. The smallest absolute Gasteiger partial charge is 0.251 e. The third-order valence-corrected chi connectivity index (χ3v) is 6.71. The van der Waals surface area contributed by atoms with E-state index in [0.717, 1.165) is 33.9 Å². The number of fused-ring (bicyclic) bond motifs is 1. The highest BCUT2D eigenvalue weighted by atomic mass is 32.2. The summed E-state index contributed by atoms with van der Waals surface area (Å²) in [5.74, 6) is 0.829. The van der Waals surface area contributed by atoms with Gasteiger partial charge >= 0.3 is 0 Å². The number of nitrogens with zero attached hydrogens (tertiary/aromatic N) is 3. The van der Waals surface area contributed by atoms with Crippen molar-refractivity contribution in [1.29, 1.82) is 0 Å². The van der Waals surface area contributed by atoms with Gasteiger partial charge in [0, 0.05) is 23.6 Å². The molecular weight excluding hydrogens is 416 g/mol. The summed E-state index contributed by atoms with van der Waals surface area (Å²) in [6, 6.07) is 18.4. The summed E-state index contributed by atoms with van der Waals surface area (Å²) >= 11 is 1.74. The molecule has 0 unspecified atom stereocenters. The van der Waals surface area contributed by atoms with Gasteiger partial charge in [-0.1, -0.05) is 55.1 Å². The molecule has 4 aromatic rings. The van der Waals surface area contributed by atoms with Crippen molar-refractivity contribution in [1.82, 2.24) is 19.9 Å². The Bertz CT molecular complexity index is 1220. The van der Waals surface area contributed by atoms with Crippen molar-refractivity contribution < 1.29 is 4.79 Å². The molecule has 4 rings (SSSR count). The molecule has 2 aromatic heterocycles. The molecule has 1 atom stereocenters. The molecule has 1 N–H and O–H groups in total. The lowest BCUT2D eigenvalue weighted by molar-refractivity contribution is 0.0939. The summed E-state index contributed by atoms with van der Waals surface area (Å²) in [6.45, 7) is 6.89. The number of benzene rings is 2. The zero-order valence-electron chi connectivity index (χ0n) is 18.7. The third-order valence-electron chi connectivity index (χ3n) is 5.68. The molecule has 1 amide bonds. The van der Waals surface area contributed by atoms with E-state index in [-0.39, 0.29) is 11.9 Å². The molecule has 0 saturated heterocycles. The summed E-state index contributed by atoms with van der Waals surface area (Å²) in [4.78, 5) is 21.6. The van der Waals surface area contributed by atoms with Gasteiger partial charge in [-0.05, 0) is 55.2 Å². The highest BCUT2D eigenvalue weighted by Gasteiger charge is 2.14. The zero-order valence-corrected chi connectivity index (χ0v) is 19.5. The van der Waals surface area contributed by atoms with E-state index in [1.165, 1.54) is 11.1 Å². The number of carbonyl (C=O) groups is 1. The average molecular weight is 445 g/mol. The number of carbonyl (C=O) groups excluding carboxylic acids is 1. The fourth-order valence-electron chi connectivity index (χ4n) is 3.48. The lowest BCUT2D eigenvalue weighted by Gasteiger charge is -2.12. The maximum atomic E-state index is 12.4. The fourth-order valence-corrected chi connectivity index (χ4v) is 4.57. The Balaban J connectivity index is 1.56. The molecule has 0 bridgehead atoms. The summed E-state index contributed by atoms with van der Waals surface area (Å²) in [5.41, 5.74) is 6.35. The number of hydrogen-bond acceptors (Lipinski definition) is 4. The number of hydrogen-bond donors (Lipinski definition) is 1. The molecular formula is C26H28N4OS. The van der Waals surface area contributed by atoms with Crippen LogP contribution in [0.2, 0.25) is 0 Å². The van der Waals surface area contributed by atoms with Gasteiger partial charge in [-0.15, -0.1) is 0 Å². The molecule has 5 nitrogen and oxygen atoms in total. The number of thioether (sulfide) groups is 1. The second-order valence-corrected chi connectivity index (χ2v) is 8.98. The number of nitrogens with one attached hydrogen (secondary N) is 1. The number of aryl methyl sites for hydroxylation is 1. The van der Waals surface area contributed by atoms with E-state index in [9.17, 15) is 4.79 Å². The van der Waals surface area contributed by atoms with E-state index < -0.39 is 0 Å². The Morgan fingerprint density at radius 2 is 1.91 bits per heavy atom. The standard InChI is InChI=1S/C26H28N4OS/c1-4-19(3)28-25(31)21-11-9-20(10-12-21)16-30-24-15-27-14-13-23(24)29-26(30)32-17-22-8-6-5-7-18(22)2/h5-15,19H,4,16-17H2,1-3H3,(H,28,31)/t19-/m0/s1. The van der Waals surface area contributed by atoms with Crippen LogP contribution in [-0.4, -0.2) is 26.5 Å². The van der Waals surface area contributed by atoms with Gasteiger partial charge in [-0.3, -0.25) is 9.78 Å². The van der Waals surface area contributed by atoms with Crippen LogP contribution in [-0.2, 0) is 12.3 Å². The summed E-state index contributed by atoms with van der Waals surface area (Å²) in [7, 11) is 0. The van der Waals surface area contributed by atoms with Crippen molar-refractivity contribution in [3.8, 4) is 0 Å². The van der Waals surface area contributed by atoms with Crippen LogP contribution in [0, 0.1) is 6.92 Å². The number of imidazole rings is 1. The molecule has 0 radical (unpaired) electrons. The number of amides is 1. The predicted molar refractivity (Wildman–Crippen MR) is 131 cm³/mol. The second kappa shape index (κ2) is 10.0. The predicted octanol–water partition coefficient (Wildman–Crippen LogP) is 5.61. The van der Waals surface area contributed by atoms with Gasteiger partial charge in [0.25, 0.3) is 5.91 Å². The highest BCUT2D eigenvalue weighted by molar-refractivity contribution is 7.98. The second-order valence-electron chi connectivity index (χ2n) is 8.04. The van der Waals surface area contributed by atoms with Crippen LogP contribution in [0.5, 0.6) is 0 Å². The maximum absolute atomic E-state index is 12.4. The molecule has 32 heavy (non-hydrogen) atoms. The van der Waals surface area contributed by atoms with Crippen molar-refractivity contribution in [2.75, 3.05) is 0 Å². The van der Waals surface area contributed by atoms with Crippen LogP contribution in [0.15, 0.2) is 72.1 Å². The normalized spacial score (nSPS) is 12.1. The Labute approximate surface area is 193 Å². The largest absolute Gasteiger partial charge is 0.350 e. The minimum atomic E-state index is -0.0299. The molecule has 164 valence electrons. The van der Waals surface area contributed by atoms with Crippen molar-refractivity contribution in [3.05, 3.63) is 89.2 Å². The van der Waals surface area contributed by atoms with Crippen LogP contribution >= 0.6 is 11.8 Å². The first-order chi connectivity index (χ1) is 15.5. The minimum Gasteiger partial charge on any atom is -0.350 e. The molecule has 0 aliphatic rings. The van der Waals surface area contributed by atoms with Crippen molar-refractivity contribution in [2.24, 2.45) is 0 Å². The topological polar surface area (TPSA) is 59.8 Å². The van der Waals surface area contributed by atoms with Crippen LogP contribution in [0.3, 0.4) is 0 Å². The lowest BCUT2D eigenvalue weighted by atomic mass is 10.1. The van der Waals surface area contributed by atoms with Gasteiger partial charge in [0.1, 0.15) is 0 Å². The van der Waals surface area contributed by atoms with Gasteiger partial charge < -0.3 is 9.88 Å². The molecule has 2 aromatic carbocycles. The lowest BCUT2D eigenvalue weighted by Crippen LogP contribution is -2.31. The SMILES string of the molecule is CC[C@H](C)NC(=O)c1ccc(Cn2c(SCc3ccccc3C)nc3ccncc32)cc1. The van der Waals surface area contributed by atoms with Gasteiger partial charge in [0.05, 0.1) is 23.8 Å². The van der Waals surface area contributed by atoms with E-state index in [1.54, 1.807) is 18.0 Å². The van der Waals surface area contributed by atoms with Crippen LogP contribution in [0.4, 0.5) is 0 Å². The highest BCUT2D eigenvalue weighted by Crippen LogP contribution is 2.28. The van der Waals surface area contributed by atoms with Crippen LogP contribution in [0.1, 0.15) is 47.3 Å². The van der Waals surface area contributed by atoms with E-state index in [4.69, 9.17) is 4.98 Å². The number of rotatable bonds is 8. The Morgan fingerprint density at radius 3 is 2.66 bits per heavy atom. The first-order valence-corrected chi connectivity index (χ1v) is 11.9. The number of pyridine rings is 1. The molecule has 2 heterocycles. The zero-order chi connectivity index (χ0) is 22.5. The third kappa shape index (κ3) is 5.02. The Kier molecular flexibility index (Phi) is 6.90. The molecule has 0 saturated carbocycles. The minimum absolute atomic E-state index is 0.0299. The van der Waals surface area contributed by atoms with Gasteiger partial charge in [0.15, 0.2) is 5.16 Å². The van der Waals surface area contributed by atoms with Gasteiger partial charge in [0.2, 0.25) is 0 Å². The first-order valence-electron chi connectivity index (χ1n) is 10.9. The molecule has 0 spiro atoms. The summed E-state index contributed by atoms with van der Waals surface area (Å²) in [5, 5.41) is 3.98. The Hall–Kier alpha value is -3.12. The number of aromatic nitrogens is 3. The molecule has 6 heteroatoms. The average Bonchev–Trinajstić information content (AvgIpc) is 3.16. The fraction of sp³-hybridized carbons (Fsp3) is 0.269. The van der Waals surface area contributed by atoms with Crippen molar-refractivity contribution in [2.45, 2.75) is 50.7 Å². The van der Waals surface area contributed by atoms with Crippen molar-refractivity contribution in [3.63, 3.8) is 0 Å². The van der Waals surface area contributed by atoms with E-state index in [1.807, 2.05) is 43.5 Å². The van der Waals surface area contributed by atoms with E-state index in [2.05, 4.69) is 53.0 Å². The molecule has 0 aliphatic carbocycles. The molecule has 0 fully saturated rings. The van der Waals surface area contributed by atoms with Gasteiger partial charge in [-0.25, -0.2) is 4.98 Å². The van der Waals surface area contributed by atoms with Crippen LogP contribution < -0.4 is 5.32 Å². The monoisotopic (exact) mass is 444 g/mol. The maximum Gasteiger partial charge on any atom is 0.251 e. The molecule has 0 aliphatic heterocycles. The quantitative estimate of drug-likeness (QED) is 0.359. The summed E-state index contributed by atoms with van der Waals surface area (Å²) < 4.78 is 2.21. The van der Waals surface area contributed by atoms with Gasteiger partial charge in [-0.2, -0.15) is 0 Å². The van der Waals surface area contributed by atoms with E-state index in [0.29, 0.717) is 12.1 Å². The first kappa shape index (κ1) is 22.1. The van der Waals surface area contributed by atoms with E-state index >= 15 is 0 Å². The van der Waals surface area contributed by atoms with Crippen LogP contribution in [0.25, 0.3) is 11.0 Å². The summed E-state index contributed by atoms with van der Waals surface area (Å²) in [6.07, 6.45) is 4.56. The van der Waals surface area contributed by atoms with Crippen molar-refractivity contribution >= 4 is 28.7 Å².